The second-order valence-electron chi connectivity index (χ2n) is 4.41. The SMILES string of the molecule is Clc1c(CNc2c(Br)cccc2Br)[nH]c2ccccc12. The van der Waals surface area contributed by atoms with Crippen LogP contribution in [0.25, 0.3) is 10.9 Å². The number of hydrogen-bond acceptors (Lipinski definition) is 1. The van der Waals surface area contributed by atoms with Gasteiger partial charge in [0, 0.05) is 19.8 Å². The maximum atomic E-state index is 6.41. The third-order valence-corrected chi connectivity index (χ3v) is 4.87. The van der Waals surface area contributed by atoms with E-state index in [1.54, 1.807) is 0 Å². The first-order valence-corrected chi connectivity index (χ1v) is 8.06. The fraction of sp³-hybridized carbons (Fsp3) is 0.0667. The summed E-state index contributed by atoms with van der Waals surface area (Å²) in [5.41, 5.74) is 3.05. The number of aromatic amines is 1. The molecule has 0 aliphatic heterocycles. The average Bonchev–Trinajstić information content (AvgIpc) is 2.76. The fourth-order valence-electron chi connectivity index (χ4n) is 2.13. The van der Waals surface area contributed by atoms with Crippen LogP contribution in [0.2, 0.25) is 5.02 Å². The number of anilines is 1. The van der Waals surface area contributed by atoms with E-state index in [0.29, 0.717) is 6.54 Å². The summed E-state index contributed by atoms with van der Waals surface area (Å²) in [5, 5.41) is 5.22. The van der Waals surface area contributed by atoms with Crippen LogP contribution in [-0.2, 0) is 6.54 Å². The van der Waals surface area contributed by atoms with E-state index in [2.05, 4.69) is 42.2 Å². The highest BCUT2D eigenvalue weighted by Crippen LogP contribution is 2.32. The summed E-state index contributed by atoms with van der Waals surface area (Å²) in [7, 11) is 0. The zero-order valence-electron chi connectivity index (χ0n) is 10.4. The standard InChI is InChI=1S/C15H11Br2ClN2/c16-10-5-3-6-11(17)15(10)19-8-13-14(18)9-4-1-2-7-12(9)20-13/h1-7,19-20H,8H2. The molecule has 0 atom stereocenters. The smallest absolute Gasteiger partial charge is 0.0710 e. The number of hydrogen-bond donors (Lipinski definition) is 2. The zero-order chi connectivity index (χ0) is 14.1. The van der Waals surface area contributed by atoms with E-state index in [9.17, 15) is 0 Å². The molecule has 0 amide bonds. The highest BCUT2D eigenvalue weighted by Gasteiger charge is 2.10. The summed E-state index contributed by atoms with van der Waals surface area (Å²) >= 11 is 13.5. The van der Waals surface area contributed by atoms with Crippen LogP contribution in [0.1, 0.15) is 5.69 Å². The maximum Gasteiger partial charge on any atom is 0.0710 e. The van der Waals surface area contributed by atoms with Crippen LogP contribution in [0.3, 0.4) is 0 Å². The molecule has 0 saturated carbocycles. The molecular weight excluding hydrogens is 403 g/mol. The summed E-state index contributed by atoms with van der Waals surface area (Å²) < 4.78 is 2.03. The number of rotatable bonds is 3. The van der Waals surface area contributed by atoms with Gasteiger partial charge in [-0.1, -0.05) is 35.9 Å². The molecule has 0 unspecified atom stereocenters. The van der Waals surface area contributed by atoms with Crippen molar-refractivity contribution in [1.29, 1.82) is 0 Å². The summed E-state index contributed by atoms with van der Waals surface area (Å²) in [5.74, 6) is 0. The van der Waals surface area contributed by atoms with Gasteiger partial charge in [-0.2, -0.15) is 0 Å². The topological polar surface area (TPSA) is 27.8 Å². The normalized spacial score (nSPS) is 10.9. The van der Waals surface area contributed by atoms with Gasteiger partial charge in [0.25, 0.3) is 0 Å². The minimum Gasteiger partial charge on any atom is -0.378 e. The Hall–Kier alpha value is -0.970. The molecule has 0 saturated heterocycles. The van der Waals surface area contributed by atoms with Gasteiger partial charge in [0.1, 0.15) is 0 Å². The number of benzene rings is 2. The van der Waals surface area contributed by atoms with E-state index < -0.39 is 0 Å². The van der Waals surface area contributed by atoms with Crippen molar-refractivity contribution in [3.63, 3.8) is 0 Å². The lowest BCUT2D eigenvalue weighted by Gasteiger charge is -2.10. The van der Waals surface area contributed by atoms with Crippen molar-refractivity contribution in [3.8, 4) is 0 Å². The highest BCUT2D eigenvalue weighted by atomic mass is 79.9. The molecule has 3 aromatic rings. The molecule has 102 valence electrons. The largest absolute Gasteiger partial charge is 0.378 e. The van der Waals surface area contributed by atoms with Crippen molar-refractivity contribution in [2.24, 2.45) is 0 Å². The summed E-state index contributed by atoms with van der Waals surface area (Å²) in [4.78, 5) is 3.35. The van der Waals surface area contributed by atoms with Crippen LogP contribution < -0.4 is 5.32 Å². The van der Waals surface area contributed by atoms with Crippen LogP contribution in [0.15, 0.2) is 51.4 Å². The van der Waals surface area contributed by atoms with E-state index in [1.807, 2.05) is 42.5 Å². The Morgan fingerprint density at radius 2 is 1.70 bits per heavy atom. The third-order valence-electron chi connectivity index (χ3n) is 3.12. The van der Waals surface area contributed by atoms with Gasteiger partial charge in [-0.25, -0.2) is 0 Å². The molecule has 0 aliphatic rings. The van der Waals surface area contributed by atoms with Gasteiger partial charge in [-0.05, 0) is 50.1 Å². The van der Waals surface area contributed by atoms with Gasteiger partial charge < -0.3 is 10.3 Å². The molecule has 0 bridgehead atoms. The van der Waals surface area contributed by atoms with E-state index in [-0.39, 0.29) is 0 Å². The fourth-order valence-corrected chi connectivity index (χ4v) is 3.69. The molecule has 5 heteroatoms. The lowest BCUT2D eigenvalue weighted by atomic mass is 10.2. The number of fused-ring (bicyclic) bond motifs is 1. The maximum absolute atomic E-state index is 6.41. The summed E-state index contributed by atoms with van der Waals surface area (Å²) in [6.45, 7) is 0.634. The predicted octanol–water partition coefficient (Wildman–Crippen LogP) is 5.96. The first kappa shape index (κ1) is 14.0. The Bertz CT molecular complexity index is 747. The van der Waals surface area contributed by atoms with Gasteiger partial charge in [-0.15, -0.1) is 0 Å². The van der Waals surface area contributed by atoms with E-state index >= 15 is 0 Å². The lowest BCUT2D eigenvalue weighted by molar-refractivity contribution is 1.08. The van der Waals surface area contributed by atoms with Gasteiger partial charge >= 0.3 is 0 Å². The number of H-pyrrole nitrogens is 1. The first-order valence-electron chi connectivity index (χ1n) is 6.10. The number of halogens is 3. The van der Waals surface area contributed by atoms with Crippen LogP contribution in [0.4, 0.5) is 5.69 Å². The quantitative estimate of drug-likeness (QED) is 0.544. The van der Waals surface area contributed by atoms with Crippen molar-refractivity contribution in [2.75, 3.05) is 5.32 Å². The molecule has 0 fully saturated rings. The average molecular weight is 415 g/mol. The van der Waals surface area contributed by atoms with Crippen molar-refractivity contribution in [1.82, 2.24) is 4.98 Å². The molecule has 20 heavy (non-hydrogen) atoms. The predicted molar refractivity (Wildman–Crippen MR) is 92.5 cm³/mol. The molecular formula is C15H11Br2ClN2. The molecule has 0 spiro atoms. The van der Waals surface area contributed by atoms with Crippen molar-refractivity contribution < 1.29 is 0 Å². The lowest BCUT2D eigenvalue weighted by Crippen LogP contribution is -2.01. The summed E-state index contributed by atoms with van der Waals surface area (Å²) in [6, 6.07) is 14.0. The van der Waals surface area contributed by atoms with Crippen LogP contribution in [0.5, 0.6) is 0 Å². The Morgan fingerprint density at radius 1 is 1.00 bits per heavy atom. The van der Waals surface area contributed by atoms with Gasteiger partial charge in [0.05, 0.1) is 22.9 Å². The van der Waals surface area contributed by atoms with Crippen LogP contribution >= 0.6 is 43.5 Å². The van der Waals surface area contributed by atoms with Crippen LogP contribution in [0, 0.1) is 0 Å². The molecule has 2 nitrogen and oxygen atoms in total. The molecule has 2 N–H and O–H groups in total. The monoisotopic (exact) mass is 412 g/mol. The molecule has 0 radical (unpaired) electrons. The Balaban J connectivity index is 1.89. The number of para-hydroxylation sites is 2. The zero-order valence-corrected chi connectivity index (χ0v) is 14.3. The van der Waals surface area contributed by atoms with Crippen molar-refractivity contribution in [3.05, 3.63) is 62.1 Å². The highest BCUT2D eigenvalue weighted by molar-refractivity contribution is 9.11. The third kappa shape index (κ3) is 2.60. The number of nitrogens with one attached hydrogen (secondary N) is 2. The molecule has 1 heterocycles. The van der Waals surface area contributed by atoms with E-state index in [0.717, 1.165) is 36.3 Å². The van der Waals surface area contributed by atoms with E-state index in [4.69, 9.17) is 11.6 Å². The molecule has 2 aromatic carbocycles. The second kappa shape index (κ2) is 5.80. The van der Waals surface area contributed by atoms with Crippen LogP contribution in [-0.4, -0.2) is 4.98 Å². The summed E-state index contributed by atoms with van der Waals surface area (Å²) in [6.07, 6.45) is 0. The molecule has 3 rings (SSSR count). The minimum atomic E-state index is 0.634. The number of aromatic nitrogens is 1. The van der Waals surface area contributed by atoms with Gasteiger partial charge in [-0.3, -0.25) is 0 Å². The molecule has 1 aromatic heterocycles. The minimum absolute atomic E-state index is 0.634. The molecule has 0 aliphatic carbocycles. The Labute approximate surface area is 138 Å². The van der Waals surface area contributed by atoms with E-state index in [1.165, 1.54) is 0 Å². The Kier molecular flexibility index (Phi) is 4.06. The Morgan fingerprint density at radius 3 is 2.40 bits per heavy atom. The van der Waals surface area contributed by atoms with Crippen molar-refractivity contribution >= 4 is 60.1 Å². The second-order valence-corrected chi connectivity index (χ2v) is 6.50. The first-order chi connectivity index (χ1) is 9.66. The van der Waals surface area contributed by atoms with Gasteiger partial charge in [0.2, 0.25) is 0 Å². The van der Waals surface area contributed by atoms with Gasteiger partial charge in [0.15, 0.2) is 0 Å². The van der Waals surface area contributed by atoms with Crippen molar-refractivity contribution in [2.45, 2.75) is 6.54 Å².